The number of carbonyl (C=O) groups excluding carboxylic acids is 2. The van der Waals surface area contributed by atoms with E-state index < -0.39 is 31.9 Å². The van der Waals surface area contributed by atoms with Crippen LogP contribution in [0.4, 0.5) is 11.4 Å². The van der Waals surface area contributed by atoms with Gasteiger partial charge < -0.3 is 10.6 Å². The molecule has 0 saturated heterocycles. The first kappa shape index (κ1) is 36.1. The van der Waals surface area contributed by atoms with Crippen LogP contribution in [0.25, 0.3) is 0 Å². The molecule has 0 radical (unpaired) electrons. The van der Waals surface area contributed by atoms with Crippen molar-refractivity contribution in [1.29, 1.82) is 0 Å². The largest absolute Gasteiger partial charge is 0.322 e. The number of nitrogens with zero attached hydrogens (tertiary/aromatic N) is 2. The summed E-state index contributed by atoms with van der Waals surface area (Å²) in [5.41, 5.74) is 1.18. The van der Waals surface area contributed by atoms with E-state index in [9.17, 15) is 26.4 Å². The first-order valence-corrected chi connectivity index (χ1v) is 18.2. The van der Waals surface area contributed by atoms with Gasteiger partial charge >= 0.3 is 0 Å². The molecule has 0 aliphatic carbocycles. The maximum atomic E-state index is 12.9. The fourth-order valence-electron chi connectivity index (χ4n) is 4.02. The Morgan fingerprint density at radius 3 is 1.16 bits per heavy atom. The molecular formula is C28H30Cl4N4O6S2. The lowest BCUT2D eigenvalue weighted by molar-refractivity contribution is 0.101. The maximum absolute atomic E-state index is 12.9. The van der Waals surface area contributed by atoms with Crippen LogP contribution in [0.15, 0.2) is 82.6 Å². The normalized spacial score (nSPS) is 12.0. The second kappa shape index (κ2) is 16.8. The van der Waals surface area contributed by atoms with Gasteiger partial charge in [-0.15, -0.1) is 46.4 Å². The summed E-state index contributed by atoms with van der Waals surface area (Å²) in [7, 11) is -7.67. The highest BCUT2D eigenvalue weighted by Crippen LogP contribution is 2.21. The number of rotatable bonds is 16. The van der Waals surface area contributed by atoms with E-state index in [1.807, 2.05) is 0 Å². The Morgan fingerprint density at radius 1 is 0.545 bits per heavy atom. The third-order valence-corrected chi connectivity index (χ3v) is 10.7. The first-order valence-electron chi connectivity index (χ1n) is 13.1. The second-order valence-corrected chi connectivity index (χ2v) is 14.5. The van der Waals surface area contributed by atoms with Crippen LogP contribution in [0.3, 0.4) is 0 Å². The van der Waals surface area contributed by atoms with E-state index in [1.54, 1.807) is 24.3 Å². The van der Waals surface area contributed by atoms with Crippen LogP contribution in [0.2, 0.25) is 0 Å². The van der Waals surface area contributed by atoms with Crippen molar-refractivity contribution < 1.29 is 26.4 Å². The molecule has 16 heteroatoms. The Hall–Kier alpha value is -2.42. The average molecular weight is 725 g/mol. The van der Waals surface area contributed by atoms with Gasteiger partial charge in [-0.1, -0.05) is 6.07 Å². The second-order valence-electron chi connectivity index (χ2n) is 9.10. The number of halogens is 4. The predicted octanol–water partition coefficient (Wildman–Crippen LogP) is 5.13. The molecule has 0 unspecified atom stereocenters. The highest BCUT2D eigenvalue weighted by molar-refractivity contribution is 7.89. The molecule has 3 rings (SSSR count). The summed E-state index contributed by atoms with van der Waals surface area (Å²) in [6, 6.07) is 17.3. The highest BCUT2D eigenvalue weighted by atomic mass is 35.5. The summed E-state index contributed by atoms with van der Waals surface area (Å²) >= 11 is 22.9. The Bertz CT molecular complexity index is 1510. The van der Waals surface area contributed by atoms with Gasteiger partial charge in [0.1, 0.15) is 0 Å². The van der Waals surface area contributed by atoms with Gasteiger partial charge in [0, 0.05) is 72.2 Å². The van der Waals surface area contributed by atoms with Crippen molar-refractivity contribution in [2.75, 3.05) is 60.3 Å². The topological polar surface area (TPSA) is 133 Å². The molecule has 0 bridgehead atoms. The van der Waals surface area contributed by atoms with E-state index in [2.05, 4.69) is 10.6 Å². The third kappa shape index (κ3) is 9.30. The summed E-state index contributed by atoms with van der Waals surface area (Å²) in [6.07, 6.45) is 0. The Morgan fingerprint density at radius 2 is 0.864 bits per heavy atom. The van der Waals surface area contributed by atoms with Crippen LogP contribution in [-0.2, 0) is 20.0 Å². The van der Waals surface area contributed by atoms with Gasteiger partial charge in [0.25, 0.3) is 11.8 Å². The Kier molecular flexibility index (Phi) is 13.7. The number of hydrogen-bond acceptors (Lipinski definition) is 6. The summed E-state index contributed by atoms with van der Waals surface area (Å²) in [6.45, 7) is 0.396. The molecule has 0 atom stereocenters. The number of benzene rings is 3. The minimum atomic E-state index is -3.83. The van der Waals surface area contributed by atoms with Crippen LogP contribution >= 0.6 is 46.4 Å². The lowest BCUT2D eigenvalue weighted by Gasteiger charge is -2.20. The molecule has 0 saturated carbocycles. The molecule has 3 aromatic carbocycles. The molecule has 0 aromatic heterocycles. The van der Waals surface area contributed by atoms with Crippen molar-refractivity contribution in [1.82, 2.24) is 8.61 Å². The minimum absolute atomic E-state index is 0.00229. The van der Waals surface area contributed by atoms with Gasteiger partial charge in [-0.2, -0.15) is 8.61 Å². The number of anilines is 2. The molecule has 0 heterocycles. The van der Waals surface area contributed by atoms with Crippen molar-refractivity contribution in [3.8, 4) is 0 Å². The molecule has 0 aliphatic rings. The number of sulfonamides is 2. The molecule has 0 fully saturated rings. The monoisotopic (exact) mass is 722 g/mol. The van der Waals surface area contributed by atoms with Crippen molar-refractivity contribution >= 4 is 89.6 Å². The fraction of sp³-hybridized carbons (Fsp3) is 0.286. The number of alkyl halides is 4. The van der Waals surface area contributed by atoms with E-state index in [0.29, 0.717) is 11.4 Å². The molecular weight excluding hydrogens is 694 g/mol. The highest BCUT2D eigenvalue weighted by Gasteiger charge is 2.25. The van der Waals surface area contributed by atoms with Crippen molar-refractivity contribution in [3.05, 3.63) is 83.9 Å². The summed E-state index contributed by atoms with van der Waals surface area (Å²) < 4.78 is 53.9. The molecule has 0 aliphatic heterocycles. The molecule has 238 valence electrons. The zero-order valence-electron chi connectivity index (χ0n) is 23.3. The molecule has 3 aromatic rings. The SMILES string of the molecule is O=C(Nc1cccc(NC(=O)c2ccc(S(=O)(=O)N(CCCl)CCCl)cc2)c1)c1ccc(S(=O)(=O)N(CCCl)CCCl)cc1. The smallest absolute Gasteiger partial charge is 0.255 e. The van der Waals surface area contributed by atoms with Gasteiger partial charge in [-0.05, 0) is 66.7 Å². The van der Waals surface area contributed by atoms with Crippen molar-refractivity contribution in [2.24, 2.45) is 0 Å². The van der Waals surface area contributed by atoms with Gasteiger partial charge in [-0.25, -0.2) is 16.8 Å². The fourth-order valence-corrected chi connectivity index (χ4v) is 8.12. The van der Waals surface area contributed by atoms with Crippen LogP contribution in [0, 0.1) is 0 Å². The molecule has 2 amide bonds. The van der Waals surface area contributed by atoms with E-state index in [1.165, 1.54) is 57.1 Å². The lowest BCUT2D eigenvalue weighted by Crippen LogP contribution is -2.34. The van der Waals surface area contributed by atoms with Crippen molar-refractivity contribution in [2.45, 2.75) is 9.79 Å². The van der Waals surface area contributed by atoms with Crippen LogP contribution < -0.4 is 10.6 Å². The van der Waals surface area contributed by atoms with Crippen molar-refractivity contribution in [3.63, 3.8) is 0 Å². The van der Waals surface area contributed by atoms with Gasteiger partial charge in [0.05, 0.1) is 9.79 Å². The molecule has 10 nitrogen and oxygen atoms in total. The standard InChI is InChI=1S/C28H30Cl4N4O6S2/c29-12-16-35(17-13-30)43(39,40)25-8-4-21(5-9-25)27(37)33-23-2-1-3-24(20-23)34-28(38)22-6-10-26(11-7-22)44(41,42)36(18-14-31)19-15-32/h1-11,20H,12-19H2,(H,33,37)(H,34,38). The van der Waals surface area contributed by atoms with Crippen LogP contribution in [0.1, 0.15) is 20.7 Å². The van der Waals surface area contributed by atoms with E-state index >= 15 is 0 Å². The van der Waals surface area contributed by atoms with Gasteiger partial charge in [-0.3, -0.25) is 9.59 Å². The number of amides is 2. The Labute approximate surface area is 277 Å². The van der Waals surface area contributed by atoms with E-state index in [-0.39, 0.29) is 70.6 Å². The first-order chi connectivity index (χ1) is 21.0. The zero-order valence-corrected chi connectivity index (χ0v) is 27.9. The summed E-state index contributed by atoms with van der Waals surface area (Å²) in [5.74, 6) is -0.560. The summed E-state index contributed by atoms with van der Waals surface area (Å²) in [5, 5.41) is 5.43. The van der Waals surface area contributed by atoms with Crippen LogP contribution in [0.5, 0.6) is 0 Å². The number of carbonyl (C=O) groups is 2. The molecule has 2 N–H and O–H groups in total. The lowest BCUT2D eigenvalue weighted by atomic mass is 10.2. The predicted molar refractivity (Wildman–Crippen MR) is 176 cm³/mol. The summed E-state index contributed by atoms with van der Waals surface area (Å²) in [4.78, 5) is 25.7. The number of nitrogens with one attached hydrogen (secondary N) is 2. The average Bonchev–Trinajstić information content (AvgIpc) is 3.01. The van der Waals surface area contributed by atoms with E-state index in [4.69, 9.17) is 46.4 Å². The molecule has 44 heavy (non-hydrogen) atoms. The third-order valence-electron chi connectivity index (χ3n) is 6.22. The zero-order chi connectivity index (χ0) is 32.3. The minimum Gasteiger partial charge on any atom is -0.322 e. The van der Waals surface area contributed by atoms with Crippen LogP contribution in [-0.4, -0.2) is 87.0 Å². The quantitative estimate of drug-likeness (QED) is 0.197. The van der Waals surface area contributed by atoms with Gasteiger partial charge in [0.15, 0.2) is 0 Å². The number of hydrogen-bond donors (Lipinski definition) is 2. The van der Waals surface area contributed by atoms with Gasteiger partial charge in [0.2, 0.25) is 20.0 Å². The Balaban J connectivity index is 1.68. The maximum Gasteiger partial charge on any atom is 0.255 e. The molecule has 0 spiro atoms. The van der Waals surface area contributed by atoms with E-state index in [0.717, 1.165) is 0 Å².